The fourth-order valence-electron chi connectivity index (χ4n) is 3.64. The minimum Gasteiger partial charge on any atom is -0.465 e. The zero-order chi connectivity index (χ0) is 22.5. The summed E-state index contributed by atoms with van der Waals surface area (Å²) in [5, 5.41) is 4.22. The molecule has 0 spiro atoms. The lowest BCUT2D eigenvalue weighted by atomic mass is 9.85. The Morgan fingerprint density at radius 1 is 1.23 bits per heavy atom. The fraction of sp³-hybridized carbons (Fsp3) is 0.364. The summed E-state index contributed by atoms with van der Waals surface area (Å²) in [6.07, 6.45) is 2.80. The molecule has 1 saturated heterocycles. The Hall–Kier alpha value is -3.07. The van der Waals surface area contributed by atoms with Gasteiger partial charge in [0.1, 0.15) is 12.3 Å². The zero-order valence-electron chi connectivity index (χ0n) is 17.5. The van der Waals surface area contributed by atoms with Gasteiger partial charge >= 0.3 is 11.9 Å². The number of carbonyl (C=O) groups is 4. The molecular formula is C22H24N2O6S. The number of hydrogen-bond acceptors (Lipinski definition) is 7. The summed E-state index contributed by atoms with van der Waals surface area (Å²) in [5.74, 6) is -1.37. The summed E-state index contributed by atoms with van der Waals surface area (Å²) in [4.78, 5) is 50.2. The highest BCUT2D eigenvalue weighted by Gasteiger charge is 2.54. The molecule has 1 aromatic carbocycles. The molecule has 2 aliphatic rings. The van der Waals surface area contributed by atoms with E-state index in [2.05, 4.69) is 10.1 Å². The molecule has 8 nitrogen and oxygen atoms in total. The van der Waals surface area contributed by atoms with Crippen LogP contribution in [0.5, 0.6) is 0 Å². The van der Waals surface area contributed by atoms with E-state index in [1.54, 1.807) is 29.7 Å². The van der Waals surface area contributed by atoms with Crippen LogP contribution in [0, 0.1) is 5.92 Å². The number of nitrogens with one attached hydrogen (secondary N) is 1. The lowest BCUT2D eigenvalue weighted by molar-refractivity contribution is -0.157. The summed E-state index contributed by atoms with van der Waals surface area (Å²) in [6.45, 7) is 3.37. The maximum absolute atomic E-state index is 12.9. The van der Waals surface area contributed by atoms with Crippen molar-refractivity contribution in [2.45, 2.75) is 39.3 Å². The molecule has 0 aliphatic carbocycles. The number of amides is 2. The monoisotopic (exact) mass is 444 g/mol. The van der Waals surface area contributed by atoms with Crippen molar-refractivity contribution in [1.82, 2.24) is 10.2 Å². The number of fused-ring (bicyclic) bond motifs is 1. The van der Waals surface area contributed by atoms with Gasteiger partial charge in [0, 0.05) is 24.4 Å². The maximum Gasteiger partial charge on any atom is 0.356 e. The summed E-state index contributed by atoms with van der Waals surface area (Å²) < 4.78 is 10.1. The highest BCUT2D eigenvalue weighted by molar-refractivity contribution is 8.05. The first-order valence-electron chi connectivity index (χ1n) is 9.86. The first-order chi connectivity index (χ1) is 14.9. The molecule has 3 rings (SSSR count). The van der Waals surface area contributed by atoms with Crippen LogP contribution >= 0.6 is 11.8 Å². The van der Waals surface area contributed by atoms with Crippen LogP contribution in [-0.4, -0.2) is 41.8 Å². The van der Waals surface area contributed by atoms with Crippen molar-refractivity contribution < 1.29 is 28.7 Å². The Bertz CT molecular complexity index is 953. The van der Waals surface area contributed by atoms with Crippen LogP contribution < -0.4 is 5.32 Å². The molecule has 1 fully saturated rings. The van der Waals surface area contributed by atoms with Crippen molar-refractivity contribution in [3.8, 4) is 0 Å². The van der Waals surface area contributed by atoms with E-state index in [1.807, 2.05) is 6.92 Å². The zero-order valence-corrected chi connectivity index (χ0v) is 18.4. The topological polar surface area (TPSA) is 102 Å². The van der Waals surface area contributed by atoms with Gasteiger partial charge in [0.15, 0.2) is 0 Å². The SMILES string of the molecule is CC[C@@H]1C(=O)N2C(C(=O)OCc3ccc(C(=O)OC)cc3)=C(SC=CNC(C)=O)C[C@H]12. The Kier molecular flexibility index (Phi) is 7.17. The lowest BCUT2D eigenvalue weighted by Gasteiger charge is -2.43. The van der Waals surface area contributed by atoms with Crippen LogP contribution in [0.15, 0.2) is 46.5 Å². The van der Waals surface area contributed by atoms with Crippen LogP contribution in [0.2, 0.25) is 0 Å². The molecular weight excluding hydrogens is 420 g/mol. The first-order valence-corrected chi connectivity index (χ1v) is 10.7. The van der Waals surface area contributed by atoms with Crippen LogP contribution in [0.4, 0.5) is 0 Å². The second-order valence-electron chi connectivity index (χ2n) is 7.15. The van der Waals surface area contributed by atoms with Gasteiger partial charge in [-0.3, -0.25) is 9.59 Å². The van der Waals surface area contributed by atoms with Gasteiger partial charge in [-0.2, -0.15) is 0 Å². The Morgan fingerprint density at radius 3 is 2.55 bits per heavy atom. The molecule has 2 aliphatic heterocycles. The van der Waals surface area contributed by atoms with Crippen LogP contribution in [0.3, 0.4) is 0 Å². The minimum absolute atomic E-state index is 0.00731. The molecule has 9 heteroatoms. The minimum atomic E-state index is -0.571. The van der Waals surface area contributed by atoms with Crippen LogP contribution in [-0.2, 0) is 30.5 Å². The van der Waals surface area contributed by atoms with E-state index in [0.29, 0.717) is 24.0 Å². The predicted octanol–water partition coefficient (Wildman–Crippen LogP) is 2.71. The van der Waals surface area contributed by atoms with Crippen LogP contribution in [0.25, 0.3) is 0 Å². The van der Waals surface area contributed by atoms with E-state index in [1.165, 1.54) is 36.9 Å². The van der Waals surface area contributed by atoms with E-state index in [-0.39, 0.29) is 36.1 Å². The number of rotatable bonds is 8. The molecule has 2 atom stereocenters. The molecule has 0 bridgehead atoms. The number of ether oxygens (including phenoxy) is 2. The van der Waals surface area contributed by atoms with E-state index in [0.717, 1.165) is 4.91 Å². The number of carbonyl (C=O) groups excluding carboxylic acids is 4. The fourth-order valence-corrected chi connectivity index (χ4v) is 4.50. The van der Waals surface area contributed by atoms with Crippen molar-refractivity contribution in [3.05, 3.63) is 57.6 Å². The van der Waals surface area contributed by atoms with E-state index in [4.69, 9.17) is 4.74 Å². The molecule has 0 aromatic heterocycles. The average molecular weight is 445 g/mol. The molecule has 2 amide bonds. The van der Waals surface area contributed by atoms with Gasteiger partial charge in [-0.15, -0.1) is 0 Å². The largest absolute Gasteiger partial charge is 0.465 e. The Morgan fingerprint density at radius 2 is 1.94 bits per heavy atom. The van der Waals surface area contributed by atoms with Gasteiger partial charge in [-0.25, -0.2) is 9.59 Å². The van der Waals surface area contributed by atoms with Gasteiger partial charge in [0.05, 0.1) is 24.6 Å². The van der Waals surface area contributed by atoms with Crippen molar-refractivity contribution in [3.63, 3.8) is 0 Å². The second kappa shape index (κ2) is 9.82. The van der Waals surface area contributed by atoms with Crippen LogP contribution in [0.1, 0.15) is 42.6 Å². The highest BCUT2D eigenvalue weighted by atomic mass is 32.2. The highest BCUT2D eigenvalue weighted by Crippen LogP contribution is 2.47. The number of esters is 2. The number of benzene rings is 1. The average Bonchev–Trinajstić information content (AvgIpc) is 3.09. The molecule has 164 valence electrons. The number of nitrogens with zero attached hydrogens (tertiary/aromatic N) is 1. The molecule has 31 heavy (non-hydrogen) atoms. The summed E-state index contributed by atoms with van der Waals surface area (Å²) in [5.41, 5.74) is 1.38. The van der Waals surface area contributed by atoms with Gasteiger partial charge in [-0.05, 0) is 29.5 Å². The lowest BCUT2D eigenvalue weighted by Crippen LogP contribution is -2.58. The smallest absolute Gasteiger partial charge is 0.356 e. The Labute approximate surface area is 184 Å². The predicted molar refractivity (Wildman–Crippen MR) is 114 cm³/mol. The van der Waals surface area contributed by atoms with E-state index < -0.39 is 11.9 Å². The van der Waals surface area contributed by atoms with Crippen molar-refractivity contribution in [1.29, 1.82) is 0 Å². The quantitative estimate of drug-likeness (QED) is 0.486. The summed E-state index contributed by atoms with van der Waals surface area (Å²) >= 11 is 1.29. The van der Waals surface area contributed by atoms with Crippen molar-refractivity contribution in [2.75, 3.05) is 7.11 Å². The van der Waals surface area contributed by atoms with Crippen molar-refractivity contribution in [2.24, 2.45) is 5.92 Å². The first kappa shape index (κ1) is 22.6. The molecule has 0 radical (unpaired) electrons. The molecule has 0 unspecified atom stereocenters. The molecule has 0 saturated carbocycles. The third-order valence-electron chi connectivity index (χ3n) is 5.19. The normalized spacial score (nSPS) is 19.8. The van der Waals surface area contributed by atoms with Gasteiger partial charge in [0.2, 0.25) is 11.8 Å². The standard InChI is InChI=1S/C22H24N2O6S/c1-4-16-17-11-18(31-10-9-23-13(2)25)19(24(17)20(16)26)22(28)30-12-14-5-7-15(8-6-14)21(27)29-3/h5-10,16-17H,4,11-12H2,1-3H3,(H,23,25)/t16-,17+/m0/s1. The van der Waals surface area contributed by atoms with Gasteiger partial charge in [0.25, 0.3) is 0 Å². The molecule has 2 heterocycles. The third-order valence-corrected chi connectivity index (χ3v) is 6.11. The molecule has 1 N–H and O–H groups in total. The Balaban J connectivity index is 1.70. The second-order valence-corrected chi connectivity index (χ2v) is 8.15. The number of hydrogen-bond donors (Lipinski definition) is 1. The maximum atomic E-state index is 12.9. The summed E-state index contributed by atoms with van der Waals surface area (Å²) in [7, 11) is 1.31. The van der Waals surface area contributed by atoms with Crippen molar-refractivity contribution >= 4 is 35.5 Å². The number of β-lactam (4-membered cyclic amide) rings is 1. The number of methoxy groups -OCH3 is 1. The van der Waals surface area contributed by atoms with E-state index in [9.17, 15) is 19.2 Å². The third kappa shape index (κ3) is 4.82. The number of thioether (sulfide) groups is 1. The van der Waals surface area contributed by atoms with Gasteiger partial charge < -0.3 is 19.7 Å². The summed E-state index contributed by atoms with van der Waals surface area (Å²) in [6, 6.07) is 6.52. The van der Waals surface area contributed by atoms with E-state index >= 15 is 0 Å². The molecule has 1 aromatic rings. The van der Waals surface area contributed by atoms with Gasteiger partial charge in [-0.1, -0.05) is 30.8 Å².